The number of carbonyl (C=O) groups excluding carboxylic acids is 2. The normalized spacial score (nSPS) is 20.5. The van der Waals surface area contributed by atoms with Crippen molar-refractivity contribution in [1.29, 1.82) is 0 Å². The van der Waals surface area contributed by atoms with Crippen molar-refractivity contribution in [3.8, 4) is 0 Å². The summed E-state index contributed by atoms with van der Waals surface area (Å²) in [5.74, 6) is -1.69. The second-order valence-electron chi connectivity index (χ2n) is 4.24. The maximum absolute atomic E-state index is 12.2. The Balaban J connectivity index is 2.26. The number of carbonyl (C=O) groups is 2. The highest BCUT2D eigenvalue weighted by Gasteiger charge is 2.37. The second kappa shape index (κ2) is 5.61. The number of esters is 1. The zero-order valence-corrected chi connectivity index (χ0v) is 10.9. The summed E-state index contributed by atoms with van der Waals surface area (Å²) in [5.41, 5.74) is 1.68. The summed E-state index contributed by atoms with van der Waals surface area (Å²) in [6, 6.07) is 9.41. The Morgan fingerprint density at radius 1 is 1.37 bits per heavy atom. The van der Waals surface area contributed by atoms with E-state index in [0.29, 0.717) is 11.4 Å². The van der Waals surface area contributed by atoms with Crippen LogP contribution in [0.4, 0.5) is 0 Å². The summed E-state index contributed by atoms with van der Waals surface area (Å²) >= 11 is 0. The molecule has 19 heavy (non-hydrogen) atoms. The molecule has 0 amide bonds. The molecule has 0 saturated carbocycles. The van der Waals surface area contributed by atoms with Crippen molar-refractivity contribution < 1.29 is 14.3 Å². The summed E-state index contributed by atoms with van der Waals surface area (Å²) < 4.78 is 4.90. The van der Waals surface area contributed by atoms with Gasteiger partial charge in [0, 0.05) is 5.71 Å². The molecule has 0 bridgehead atoms. The van der Waals surface area contributed by atoms with Gasteiger partial charge in [-0.15, -0.1) is 0 Å². The molecule has 2 rings (SSSR count). The average molecular weight is 257 g/mol. The van der Waals surface area contributed by atoms with Gasteiger partial charge in [-0.2, -0.15) is 0 Å². The Hall–Kier alpha value is -2.23. The largest absolute Gasteiger partial charge is 0.465 e. The number of Topliss-reactive ketones (excluding diaryl/α,β-unsaturated/α-hetero) is 1. The first-order valence-corrected chi connectivity index (χ1v) is 6.16. The van der Waals surface area contributed by atoms with Gasteiger partial charge >= 0.3 is 5.97 Å². The van der Waals surface area contributed by atoms with Crippen LogP contribution in [0.3, 0.4) is 0 Å². The summed E-state index contributed by atoms with van der Waals surface area (Å²) in [7, 11) is 0. The van der Waals surface area contributed by atoms with Crippen LogP contribution in [-0.2, 0) is 14.3 Å². The van der Waals surface area contributed by atoms with Gasteiger partial charge in [0.15, 0.2) is 5.92 Å². The summed E-state index contributed by atoms with van der Waals surface area (Å²) in [4.78, 5) is 28.0. The molecule has 1 aliphatic heterocycles. The van der Waals surface area contributed by atoms with Crippen LogP contribution in [0.15, 0.2) is 41.0 Å². The number of nitrogens with zero attached hydrogens (tertiary/aromatic N) is 1. The number of hydrogen-bond donors (Lipinski definition) is 0. The SMILES string of the molecule is CCOC(=O)C1C(=O)/C(=C\c2ccccc2)N=C1C. The Morgan fingerprint density at radius 2 is 2.05 bits per heavy atom. The fraction of sp³-hybridized carbons (Fsp3) is 0.267. The Labute approximate surface area is 111 Å². The minimum absolute atomic E-state index is 0.258. The average Bonchev–Trinajstić information content (AvgIpc) is 2.66. The number of benzene rings is 1. The van der Waals surface area contributed by atoms with Gasteiger partial charge in [0.25, 0.3) is 0 Å². The molecule has 1 aromatic rings. The highest BCUT2D eigenvalue weighted by molar-refractivity contribution is 6.28. The third kappa shape index (κ3) is 2.78. The van der Waals surface area contributed by atoms with Gasteiger partial charge in [-0.05, 0) is 25.5 Å². The van der Waals surface area contributed by atoms with Gasteiger partial charge in [0.05, 0.1) is 6.61 Å². The fourth-order valence-corrected chi connectivity index (χ4v) is 1.96. The molecular formula is C15H15NO3. The number of rotatable bonds is 3. The molecule has 1 heterocycles. The molecule has 0 aliphatic carbocycles. The molecule has 0 aromatic heterocycles. The van der Waals surface area contributed by atoms with Gasteiger partial charge in [-0.3, -0.25) is 14.6 Å². The lowest BCUT2D eigenvalue weighted by atomic mass is 10.0. The molecule has 0 fully saturated rings. The molecule has 1 unspecified atom stereocenters. The van der Waals surface area contributed by atoms with Gasteiger partial charge < -0.3 is 4.74 Å². The van der Waals surface area contributed by atoms with Crippen LogP contribution in [0, 0.1) is 5.92 Å². The maximum atomic E-state index is 12.2. The van der Waals surface area contributed by atoms with Crippen LogP contribution in [0.1, 0.15) is 19.4 Å². The predicted octanol–water partition coefficient (Wildman–Crippen LogP) is 2.25. The first kappa shape index (κ1) is 13.2. The quantitative estimate of drug-likeness (QED) is 0.474. The molecule has 0 N–H and O–H groups in total. The van der Waals surface area contributed by atoms with Crippen molar-refractivity contribution in [1.82, 2.24) is 0 Å². The van der Waals surface area contributed by atoms with E-state index in [1.165, 1.54) is 0 Å². The zero-order chi connectivity index (χ0) is 13.8. The van der Waals surface area contributed by atoms with Gasteiger partial charge in [-0.1, -0.05) is 30.3 Å². The number of allylic oxidation sites excluding steroid dienone is 1. The van der Waals surface area contributed by atoms with E-state index in [4.69, 9.17) is 4.74 Å². The van der Waals surface area contributed by atoms with Crippen LogP contribution < -0.4 is 0 Å². The van der Waals surface area contributed by atoms with E-state index < -0.39 is 11.9 Å². The van der Waals surface area contributed by atoms with Crippen molar-refractivity contribution in [2.24, 2.45) is 10.9 Å². The van der Waals surface area contributed by atoms with E-state index in [9.17, 15) is 9.59 Å². The minimum atomic E-state index is -0.880. The van der Waals surface area contributed by atoms with E-state index in [2.05, 4.69) is 4.99 Å². The van der Waals surface area contributed by atoms with E-state index in [0.717, 1.165) is 5.56 Å². The van der Waals surface area contributed by atoms with E-state index in [-0.39, 0.29) is 12.4 Å². The maximum Gasteiger partial charge on any atom is 0.322 e. The molecule has 1 aliphatic rings. The van der Waals surface area contributed by atoms with Crippen molar-refractivity contribution in [3.63, 3.8) is 0 Å². The lowest BCUT2D eigenvalue weighted by Gasteiger charge is -2.07. The third-order valence-corrected chi connectivity index (χ3v) is 2.85. The molecule has 0 saturated heterocycles. The van der Waals surface area contributed by atoms with Crippen molar-refractivity contribution in [2.45, 2.75) is 13.8 Å². The molecule has 98 valence electrons. The standard InChI is InChI=1S/C15H15NO3/c1-3-19-15(18)13-10(2)16-12(14(13)17)9-11-7-5-4-6-8-11/h4-9,13H,3H2,1-2H3/b12-9+. The lowest BCUT2D eigenvalue weighted by Crippen LogP contribution is -2.28. The van der Waals surface area contributed by atoms with Crippen LogP contribution in [-0.4, -0.2) is 24.1 Å². The summed E-state index contributed by atoms with van der Waals surface area (Å²) in [6.07, 6.45) is 1.69. The molecule has 0 spiro atoms. The lowest BCUT2D eigenvalue weighted by molar-refractivity contribution is -0.147. The third-order valence-electron chi connectivity index (χ3n) is 2.85. The smallest absolute Gasteiger partial charge is 0.322 e. The first-order valence-electron chi connectivity index (χ1n) is 6.16. The minimum Gasteiger partial charge on any atom is -0.465 e. The van der Waals surface area contributed by atoms with Crippen LogP contribution in [0.5, 0.6) is 0 Å². The van der Waals surface area contributed by atoms with E-state index in [1.807, 2.05) is 30.3 Å². The number of hydrogen-bond acceptors (Lipinski definition) is 4. The number of ether oxygens (including phenoxy) is 1. The van der Waals surface area contributed by atoms with Gasteiger partial charge in [0.2, 0.25) is 5.78 Å². The second-order valence-corrected chi connectivity index (χ2v) is 4.24. The summed E-state index contributed by atoms with van der Waals surface area (Å²) in [6.45, 7) is 3.64. The summed E-state index contributed by atoms with van der Waals surface area (Å²) in [5, 5.41) is 0. The molecule has 1 atom stereocenters. The number of aliphatic imine (C=N–C) groups is 1. The van der Waals surface area contributed by atoms with E-state index >= 15 is 0 Å². The number of ketones is 1. The Morgan fingerprint density at radius 3 is 2.68 bits per heavy atom. The zero-order valence-electron chi connectivity index (χ0n) is 10.9. The molecule has 4 heteroatoms. The first-order chi connectivity index (χ1) is 9.13. The predicted molar refractivity (Wildman–Crippen MR) is 72.7 cm³/mol. The van der Waals surface area contributed by atoms with Crippen LogP contribution in [0.2, 0.25) is 0 Å². The van der Waals surface area contributed by atoms with Gasteiger partial charge in [-0.25, -0.2) is 0 Å². The van der Waals surface area contributed by atoms with Crippen LogP contribution >= 0.6 is 0 Å². The van der Waals surface area contributed by atoms with Crippen LogP contribution in [0.25, 0.3) is 6.08 Å². The van der Waals surface area contributed by atoms with E-state index in [1.54, 1.807) is 19.9 Å². The molecule has 1 aromatic carbocycles. The van der Waals surface area contributed by atoms with Crippen molar-refractivity contribution in [3.05, 3.63) is 41.6 Å². The monoisotopic (exact) mass is 257 g/mol. The molecular weight excluding hydrogens is 242 g/mol. The highest BCUT2D eigenvalue weighted by atomic mass is 16.5. The molecule has 0 radical (unpaired) electrons. The Bertz CT molecular complexity index is 558. The fourth-order valence-electron chi connectivity index (χ4n) is 1.96. The van der Waals surface area contributed by atoms with Crippen molar-refractivity contribution >= 4 is 23.5 Å². The van der Waals surface area contributed by atoms with Crippen molar-refractivity contribution in [2.75, 3.05) is 6.61 Å². The highest BCUT2D eigenvalue weighted by Crippen LogP contribution is 2.23. The topological polar surface area (TPSA) is 55.7 Å². The molecule has 4 nitrogen and oxygen atoms in total. The van der Waals surface area contributed by atoms with Gasteiger partial charge in [0.1, 0.15) is 5.70 Å². The Kier molecular flexibility index (Phi) is 3.90.